The van der Waals surface area contributed by atoms with Gasteiger partial charge in [-0.2, -0.15) is 0 Å². The second-order valence-electron chi connectivity index (χ2n) is 3.65. The molecule has 1 atom stereocenters. The van der Waals surface area contributed by atoms with Crippen LogP contribution in [0.15, 0.2) is 28.9 Å². The first-order valence-electron chi connectivity index (χ1n) is 6.76. The van der Waals surface area contributed by atoms with E-state index in [0.29, 0.717) is 5.92 Å². The van der Waals surface area contributed by atoms with Gasteiger partial charge in [0, 0.05) is 11.5 Å². The zero-order chi connectivity index (χ0) is 14.1. The van der Waals surface area contributed by atoms with Crippen LogP contribution in [-0.2, 0) is 21.1 Å². The molecule has 0 radical (unpaired) electrons. The third-order valence-corrected chi connectivity index (χ3v) is 2.63. The zero-order valence-electron chi connectivity index (χ0n) is 12.7. The third-order valence-electron chi connectivity index (χ3n) is 2.63. The van der Waals surface area contributed by atoms with E-state index in [1.54, 1.807) is 6.08 Å². The molecule has 0 saturated carbocycles. The number of hydrazone groups is 1. The van der Waals surface area contributed by atoms with E-state index >= 15 is 0 Å². The minimum Gasteiger partial charge on any atom is -0.361 e. The topological polar surface area (TPSA) is 26.3 Å². The summed E-state index contributed by atoms with van der Waals surface area (Å²) in [4.78, 5) is 0. The van der Waals surface area contributed by atoms with E-state index < -0.39 is 0 Å². The van der Waals surface area contributed by atoms with Crippen LogP contribution in [-0.4, -0.2) is 11.4 Å². The van der Waals surface area contributed by atoms with E-state index in [0.717, 1.165) is 35.4 Å². The molecule has 1 aliphatic carbocycles. The molecule has 0 aromatic rings. The van der Waals surface area contributed by atoms with E-state index in [-0.39, 0.29) is 21.1 Å². The average molecular weight is 429 g/mol. The van der Waals surface area contributed by atoms with Crippen molar-refractivity contribution in [3.05, 3.63) is 36.5 Å². The molecule has 0 aromatic carbocycles. The van der Waals surface area contributed by atoms with Crippen molar-refractivity contribution in [2.75, 3.05) is 0 Å². The molecular formula is C16H25N2W+. The Hall–Kier alpha value is -0.752. The Balaban J connectivity index is 0. The Morgan fingerprint density at radius 2 is 2.00 bits per heavy atom. The molecular weight excluding hydrogens is 404 g/mol. The summed E-state index contributed by atoms with van der Waals surface area (Å²) in [5.41, 5.74) is 4.12. The molecule has 2 nitrogen and oxygen atoms in total. The summed E-state index contributed by atoms with van der Waals surface area (Å²) < 4.78 is 0. The number of nitrogens with one attached hydrogen (secondary N) is 1. The van der Waals surface area contributed by atoms with Gasteiger partial charge < -0.3 is 18.2 Å². The summed E-state index contributed by atoms with van der Waals surface area (Å²) in [5, 5.41) is 7.30. The fourth-order valence-electron chi connectivity index (χ4n) is 1.92. The number of nitrogens with zero attached hydrogens (tertiary/aromatic N) is 1. The minimum absolute atomic E-state index is 0. The van der Waals surface area contributed by atoms with Crippen LogP contribution in [0.5, 0.6) is 0 Å². The van der Waals surface area contributed by atoms with Crippen molar-refractivity contribution in [2.24, 2.45) is 11.0 Å². The molecule has 0 saturated heterocycles. The Morgan fingerprint density at radius 3 is 2.47 bits per heavy atom. The number of hydrogen-bond donors (Lipinski definition) is 1. The van der Waals surface area contributed by atoms with E-state index in [2.05, 4.69) is 22.9 Å². The quantitative estimate of drug-likeness (QED) is 0.654. The number of fused-ring (bicyclic) bond motifs is 1. The molecule has 0 aromatic heterocycles. The van der Waals surface area contributed by atoms with E-state index in [9.17, 15) is 0 Å². The van der Waals surface area contributed by atoms with Crippen LogP contribution < -0.4 is 5.10 Å². The van der Waals surface area contributed by atoms with Gasteiger partial charge in [-0.15, -0.1) is 11.5 Å². The Bertz CT molecular complexity index is 390. The molecule has 0 bridgehead atoms. The summed E-state index contributed by atoms with van der Waals surface area (Å²) in [6, 6.07) is 0. The summed E-state index contributed by atoms with van der Waals surface area (Å²) in [6.07, 6.45) is 6.78. The summed E-state index contributed by atoms with van der Waals surface area (Å²) in [6.45, 7) is 19.4. The second kappa shape index (κ2) is 11.1. The fraction of sp³-hybridized carbons (Fsp3) is 0.500. The molecule has 1 unspecified atom stereocenters. The monoisotopic (exact) mass is 429 g/mol. The molecule has 3 heteroatoms. The molecule has 1 aliphatic heterocycles. The van der Waals surface area contributed by atoms with Gasteiger partial charge in [0.15, 0.2) is 0 Å². The fourth-order valence-corrected chi connectivity index (χ4v) is 1.92. The van der Waals surface area contributed by atoms with Crippen molar-refractivity contribution < 1.29 is 26.2 Å². The first-order valence-corrected chi connectivity index (χ1v) is 6.76. The van der Waals surface area contributed by atoms with Gasteiger partial charge in [0.2, 0.25) is 5.71 Å². The van der Waals surface area contributed by atoms with Gasteiger partial charge in [-0.1, -0.05) is 51.5 Å². The van der Waals surface area contributed by atoms with E-state index in [1.165, 1.54) is 0 Å². The zero-order valence-corrected chi connectivity index (χ0v) is 15.6. The molecule has 1 N–H and O–H groups in total. The SMILES string of the molecule is CC.CC.[CH-]=CC1=[C-]CCC2C1=N[NH+]=C2C(=C)C.[W+2]. The van der Waals surface area contributed by atoms with Crippen LogP contribution in [0.2, 0.25) is 0 Å². The van der Waals surface area contributed by atoms with Crippen molar-refractivity contribution in [1.29, 1.82) is 0 Å². The van der Waals surface area contributed by atoms with Crippen LogP contribution in [0.4, 0.5) is 0 Å². The predicted octanol–water partition coefficient (Wildman–Crippen LogP) is 2.63. The van der Waals surface area contributed by atoms with Crippen LogP contribution >= 0.6 is 0 Å². The first kappa shape index (κ1) is 20.6. The van der Waals surface area contributed by atoms with Crippen molar-refractivity contribution in [1.82, 2.24) is 0 Å². The van der Waals surface area contributed by atoms with Gasteiger partial charge in [0.25, 0.3) is 0 Å². The number of rotatable bonds is 2. The maximum atomic E-state index is 5.52. The maximum Gasteiger partial charge on any atom is 2.00 e. The molecule has 19 heavy (non-hydrogen) atoms. The molecule has 1 heterocycles. The minimum atomic E-state index is 0. The molecule has 2 aliphatic rings. The predicted molar refractivity (Wildman–Crippen MR) is 79.3 cm³/mol. The third kappa shape index (κ3) is 5.03. The van der Waals surface area contributed by atoms with Gasteiger partial charge in [-0.3, -0.25) is 6.08 Å². The summed E-state index contributed by atoms with van der Waals surface area (Å²) in [7, 11) is 0. The van der Waals surface area contributed by atoms with Crippen LogP contribution in [0.1, 0.15) is 47.5 Å². The normalized spacial score (nSPS) is 18.8. The van der Waals surface area contributed by atoms with Crippen LogP contribution in [0, 0.1) is 18.6 Å². The molecule has 104 valence electrons. The number of allylic oxidation sites excluding steroid dienone is 4. The van der Waals surface area contributed by atoms with Gasteiger partial charge in [0.1, 0.15) is 0 Å². The van der Waals surface area contributed by atoms with Crippen molar-refractivity contribution >= 4 is 11.4 Å². The smallest absolute Gasteiger partial charge is 0.361 e. The molecule has 0 amide bonds. The van der Waals surface area contributed by atoms with Gasteiger partial charge >= 0.3 is 21.1 Å². The van der Waals surface area contributed by atoms with Crippen molar-refractivity contribution in [3.8, 4) is 0 Å². The molecule has 0 spiro atoms. The Kier molecular flexibility index (Phi) is 12.0. The molecule has 0 fully saturated rings. The average Bonchev–Trinajstić information content (AvgIpc) is 2.87. The van der Waals surface area contributed by atoms with E-state index in [4.69, 9.17) is 6.58 Å². The summed E-state index contributed by atoms with van der Waals surface area (Å²) >= 11 is 0. The van der Waals surface area contributed by atoms with E-state index in [1.807, 2.05) is 34.6 Å². The van der Waals surface area contributed by atoms with Crippen LogP contribution in [0.3, 0.4) is 0 Å². The maximum absolute atomic E-state index is 5.52. The molecule has 2 rings (SSSR count). The van der Waals surface area contributed by atoms with Crippen molar-refractivity contribution in [2.45, 2.75) is 47.5 Å². The van der Waals surface area contributed by atoms with Crippen molar-refractivity contribution in [3.63, 3.8) is 0 Å². The Morgan fingerprint density at radius 1 is 1.42 bits per heavy atom. The first-order chi connectivity index (χ1) is 8.74. The van der Waals surface area contributed by atoms with Gasteiger partial charge in [0.05, 0.1) is 0 Å². The van der Waals surface area contributed by atoms with Gasteiger partial charge in [-0.05, 0) is 6.92 Å². The summed E-state index contributed by atoms with van der Waals surface area (Å²) in [5.74, 6) is 0.351. The Labute approximate surface area is 132 Å². The van der Waals surface area contributed by atoms with Crippen LogP contribution in [0.25, 0.3) is 0 Å². The second-order valence-corrected chi connectivity index (χ2v) is 3.65. The largest absolute Gasteiger partial charge is 2.00 e. The standard InChI is InChI=1S/C12H12N2.2C2H6.W/c1-4-9-6-5-7-10-11(8(2)3)13-14-12(9)10;2*1-2;/h1,4,10H,2,5,7H2,3H3;2*1-2H3;/q-2;;;+2/p+1. The van der Waals surface area contributed by atoms with Gasteiger partial charge in [-0.25, -0.2) is 0 Å². The number of hydrogen-bond acceptors (Lipinski definition) is 1.